The van der Waals surface area contributed by atoms with Crippen LogP contribution in [0.25, 0.3) is 0 Å². The van der Waals surface area contributed by atoms with E-state index in [1.807, 2.05) is 33.9 Å². The topological polar surface area (TPSA) is 74.1 Å². The van der Waals surface area contributed by atoms with E-state index in [0.29, 0.717) is 39.0 Å². The summed E-state index contributed by atoms with van der Waals surface area (Å²) in [6.45, 7) is 9.13. The molecule has 0 fully saturated rings. The van der Waals surface area contributed by atoms with E-state index in [1.165, 1.54) is 0 Å². The fraction of sp³-hybridized carbons (Fsp3) is 0.750. The zero-order valence-corrected chi connectivity index (χ0v) is 14.0. The number of ether oxygens (including phenoxy) is 1. The molecule has 124 valence electrons. The highest BCUT2D eigenvalue weighted by Gasteiger charge is 2.09. The highest BCUT2D eigenvalue weighted by Crippen LogP contribution is 2.04. The zero-order chi connectivity index (χ0) is 16.5. The van der Waals surface area contributed by atoms with E-state index in [2.05, 4.69) is 10.3 Å². The molecule has 0 spiro atoms. The minimum Gasteiger partial charge on any atom is -0.379 e. The molecule has 0 radical (unpaired) electrons. The first kappa shape index (κ1) is 18.5. The fourth-order valence-electron chi connectivity index (χ4n) is 1.82. The second kappa shape index (κ2) is 9.46. The van der Waals surface area contributed by atoms with Gasteiger partial charge in [0.25, 0.3) is 0 Å². The molecule has 6 heteroatoms. The molecule has 0 atom stereocenters. The lowest BCUT2D eigenvalue weighted by Gasteiger charge is -2.05. The van der Waals surface area contributed by atoms with Gasteiger partial charge in [-0.2, -0.15) is 0 Å². The highest BCUT2D eigenvalue weighted by atomic mass is 16.5. The number of hydrogen-bond donors (Lipinski definition) is 0. The van der Waals surface area contributed by atoms with Crippen molar-refractivity contribution in [2.75, 3.05) is 13.2 Å². The van der Waals surface area contributed by atoms with Crippen LogP contribution in [0.3, 0.4) is 0 Å². The third kappa shape index (κ3) is 6.93. The van der Waals surface area contributed by atoms with Gasteiger partial charge in [0.1, 0.15) is 11.6 Å². The largest absolute Gasteiger partial charge is 0.379 e. The number of Topliss-reactive ketones (excluding diaryl/α,β-unsaturated/α-hetero) is 2. The van der Waals surface area contributed by atoms with E-state index in [1.54, 1.807) is 4.68 Å². The van der Waals surface area contributed by atoms with Crippen LogP contribution in [0, 0.1) is 11.8 Å². The Kier molecular flexibility index (Phi) is 7.95. The maximum Gasteiger partial charge on any atom is 0.137 e. The van der Waals surface area contributed by atoms with Crippen molar-refractivity contribution in [3.8, 4) is 0 Å². The Morgan fingerprint density at radius 2 is 1.73 bits per heavy atom. The van der Waals surface area contributed by atoms with Crippen molar-refractivity contribution < 1.29 is 14.3 Å². The smallest absolute Gasteiger partial charge is 0.137 e. The van der Waals surface area contributed by atoms with E-state index < -0.39 is 0 Å². The molecule has 6 nitrogen and oxygen atoms in total. The van der Waals surface area contributed by atoms with Gasteiger partial charge in [-0.05, 0) is 0 Å². The van der Waals surface area contributed by atoms with Crippen molar-refractivity contribution in [3.63, 3.8) is 0 Å². The Balaban J connectivity index is 2.20. The van der Waals surface area contributed by atoms with Gasteiger partial charge >= 0.3 is 0 Å². The molecule has 1 rings (SSSR count). The lowest BCUT2D eigenvalue weighted by Crippen LogP contribution is -2.13. The third-order valence-electron chi connectivity index (χ3n) is 3.46. The number of aromatic nitrogens is 3. The predicted molar refractivity (Wildman–Crippen MR) is 83.5 cm³/mol. The summed E-state index contributed by atoms with van der Waals surface area (Å²) in [5.74, 6) is 0.595. The molecule has 0 amide bonds. The summed E-state index contributed by atoms with van der Waals surface area (Å²) in [7, 11) is 0. The molecular weight excluding hydrogens is 282 g/mol. The molecule has 1 aromatic rings. The summed E-state index contributed by atoms with van der Waals surface area (Å²) >= 11 is 0. The van der Waals surface area contributed by atoms with Crippen molar-refractivity contribution >= 4 is 11.6 Å². The van der Waals surface area contributed by atoms with Gasteiger partial charge in [0.15, 0.2) is 0 Å². The average molecular weight is 309 g/mol. The molecule has 0 bridgehead atoms. The van der Waals surface area contributed by atoms with Gasteiger partial charge in [-0.15, -0.1) is 5.10 Å². The van der Waals surface area contributed by atoms with Gasteiger partial charge < -0.3 is 4.74 Å². The van der Waals surface area contributed by atoms with Crippen LogP contribution in [0.4, 0.5) is 0 Å². The van der Waals surface area contributed by atoms with E-state index in [4.69, 9.17) is 4.74 Å². The van der Waals surface area contributed by atoms with E-state index in [0.717, 1.165) is 5.69 Å². The molecule has 0 aliphatic carbocycles. The number of hydrogen-bond acceptors (Lipinski definition) is 5. The lowest BCUT2D eigenvalue weighted by molar-refractivity contribution is -0.123. The van der Waals surface area contributed by atoms with Crippen molar-refractivity contribution in [1.82, 2.24) is 15.0 Å². The van der Waals surface area contributed by atoms with Gasteiger partial charge in [0, 0.05) is 37.3 Å². The number of carbonyl (C=O) groups is 2. The van der Waals surface area contributed by atoms with Crippen LogP contribution >= 0.6 is 0 Å². The molecule has 1 aromatic heterocycles. The summed E-state index contributed by atoms with van der Waals surface area (Å²) in [5.41, 5.74) is 0.823. The third-order valence-corrected chi connectivity index (χ3v) is 3.46. The molecule has 0 saturated heterocycles. The lowest BCUT2D eigenvalue weighted by atomic mass is 10.0. The summed E-state index contributed by atoms with van der Waals surface area (Å²) in [5, 5.41) is 8.06. The molecule has 0 N–H and O–H groups in total. The average Bonchev–Trinajstić information content (AvgIpc) is 2.91. The number of nitrogens with zero attached hydrogens (tertiary/aromatic N) is 3. The Hall–Kier alpha value is -1.56. The van der Waals surface area contributed by atoms with Crippen molar-refractivity contribution in [2.45, 2.75) is 53.5 Å². The minimum absolute atomic E-state index is 0.0648. The fourth-order valence-corrected chi connectivity index (χ4v) is 1.82. The summed E-state index contributed by atoms with van der Waals surface area (Å²) < 4.78 is 7.14. The van der Waals surface area contributed by atoms with Crippen LogP contribution in [0.15, 0.2) is 6.20 Å². The number of rotatable bonds is 11. The first-order valence-corrected chi connectivity index (χ1v) is 7.92. The Labute approximate surface area is 132 Å². The number of aryl methyl sites for hydroxylation is 1. The zero-order valence-electron chi connectivity index (χ0n) is 14.0. The van der Waals surface area contributed by atoms with Gasteiger partial charge in [-0.1, -0.05) is 32.9 Å². The van der Waals surface area contributed by atoms with Crippen LogP contribution in [0.1, 0.15) is 46.2 Å². The quantitative estimate of drug-likeness (QED) is 0.585. The normalized spacial score (nSPS) is 11.4. The van der Waals surface area contributed by atoms with Crippen molar-refractivity contribution in [3.05, 3.63) is 11.9 Å². The van der Waals surface area contributed by atoms with Crippen LogP contribution in [-0.4, -0.2) is 39.8 Å². The van der Waals surface area contributed by atoms with E-state index >= 15 is 0 Å². The van der Waals surface area contributed by atoms with Crippen LogP contribution in [0.2, 0.25) is 0 Å². The number of ketones is 2. The molecule has 0 aliphatic rings. The maximum atomic E-state index is 11.6. The maximum absolute atomic E-state index is 11.6. The summed E-state index contributed by atoms with van der Waals surface area (Å²) in [4.78, 5) is 23.0. The standard InChI is InChI=1S/C16H27N3O3/c1-12(2)15(20)6-5-14-11-19(18-17-14)8-10-22-9-7-16(21)13(3)4/h11-13H,5-10H2,1-4H3. The first-order valence-electron chi connectivity index (χ1n) is 7.92. The van der Waals surface area contributed by atoms with Gasteiger partial charge in [-0.3, -0.25) is 9.59 Å². The van der Waals surface area contributed by atoms with Crippen LogP contribution in [0.5, 0.6) is 0 Å². The Morgan fingerprint density at radius 1 is 1.09 bits per heavy atom. The van der Waals surface area contributed by atoms with Crippen molar-refractivity contribution in [1.29, 1.82) is 0 Å². The number of carbonyl (C=O) groups excluding carboxylic acids is 2. The molecule has 0 unspecified atom stereocenters. The monoisotopic (exact) mass is 309 g/mol. The molecular formula is C16H27N3O3. The van der Waals surface area contributed by atoms with Crippen molar-refractivity contribution in [2.24, 2.45) is 11.8 Å². The summed E-state index contributed by atoms with van der Waals surface area (Å²) in [6.07, 6.45) is 3.43. The Bertz CT molecular complexity index is 481. The molecule has 0 aromatic carbocycles. The van der Waals surface area contributed by atoms with Crippen LogP contribution < -0.4 is 0 Å². The van der Waals surface area contributed by atoms with Gasteiger partial charge in [0.2, 0.25) is 0 Å². The minimum atomic E-state index is 0.0648. The molecule has 0 aliphatic heterocycles. The second-order valence-electron chi connectivity index (χ2n) is 6.08. The van der Waals surface area contributed by atoms with Gasteiger partial charge in [0.05, 0.1) is 25.5 Å². The molecule has 0 saturated carbocycles. The highest BCUT2D eigenvalue weighted by molar-refractivity contribution is 5.80. The molecule has 1 heterocycles. The van der Waals surface area contributed by atoms with Gasteiger partial charge in [-0.25, -0.2) is 4.68 Å². The Morgan fingerprint density at radius 3 is 2.36 bits per heavy atom. The summed E-state index contributed by atoms with van der Waals surface area (Å²) in [6, 6.07) is 0. The first-order chi connectivity index (χ1) is 10.4. The van der Waals surface area contributed by atoms with E-state index in [9.17, 15) is 9.59 Å². The predicted octanol–water partition coefficient (Wildman–Crippen LogP) is 2.07. The SMILES string of the molecule is CC(C)C(=O)CCOCCn1cc(CCC(=O)C(C)C)nn1. The second-order valence-corrected chi connectivity index (χ2v) is 6.08. The molecule has 22 heavy (non-hydrogen) atoms. The van der Waals surface area contributed by atoms with Crippen LogP contribution in [-0.2, 0) is 27.3 Å². The van der Waals surface area contributed by atoms with E-state index in [-0.39, 0.29) is 23.4 Å².